The molecular formula is C16H17Cl3N2O4. The van der Waals surface area contributed by atoms with Crippen molar-refractivity contribution in [2.24, 2.45) is 0 Å². The highest BCUT2D eigenvalue weighted by molar-refractivity contribution is 6.38. The van der Waals surface area contributed by atoms with Gasteiger partial charge < -0.3 is 14.5 Å². The fourth-order valence-corrected chi connectivity index (χ4v) is 3.17. The normalized spacial score (nSPS) is 15.0. The molecule has 1 aliphatic heterocycles. The second-order valence-electron chi connectivity index (χ2n) is 5.45. The zero-order chi connectivity index (χ0) is 17.1. The first-order valence-corrected chi connectivity index (χ1v) is 8.29. The topological polar surface area (TPSA) is 71.6 Å². The first-order valence-electron chi connectivity index (χ1n) is 7.54. The summed E-state index contributed by atoms with van der Waals surface area (Å²) in [5.41, 5.74) is 0.124. The number of esters is 1. The van der Waals surface area contributed by atoms with Gasteiger partial charge in [-0.25, -0.2) is 4.79 Å². The average molecular weight is 408 g/mol. The van der Waals surface area contributed by atoms with E-state index in [-0.39, 0.29) is 35.2 Å². The molecule has 0 bridgehead atoms. The smallest absolute Gasteiger partial charge is 0.354 e. The van der Waals surface area contributed by atoms with Gasteiger partial charge in [0.15, 0.2) is 5.43 Å². The van der Waals surface area contributed by atoms with Crippen molar-refractivity contribution >= 4 is 52.5 Å². The van der Waals surface area contributed by atoms with Crippen LogP contribution in [0.15, 0.2) is 23.0 Å². The first-order chi connectivity index (χ1) is 11.5. The molecule has 0 spiro atoms. The van der Waals surface area contributed by atoms with E-state index in [9.17, 15) is 9.59 Å². The van der Waals surface area contributed by atoms with Crippen molar-refractivity contribution in [1.82, 2.24) is 9.88 Å². The number of benzene rings is 1. The molecule has 0 unspecified atom stereocenters. The lowest BCUT2D eigenvalue weighted by Gasteiger charge is -2.26. The maximum absolute atomic E-state index is 12.2. The number of carbonyl (C=O) groups is 1. The van der Waals surface area contributed by atoms with Crippen LogP contribution in [0.3, 0.4) is 0 Å². The highest BCUT2D eigenvalue weighted by Crippen LogP contribution is 2.24. The Labute approximate surface area is 160 Å². The summed E-state index contributed by atoms with van der Waals surface area (Å²) in [6.07, 6.45) is 0. The van der Waals surface area contributed by atoms with Gasteiger partial charge in [-0.3, -0.25) is 9.69 Å². The fraction of sp³-hybridized carbons (Fsp3) is 0.375. The molecule has 0 aliphatic carbocycles. The van der Waals surface area contributed by atoms with E-state index in [1.807, 2.05) is 0 Å². The highest BCUT2D eigenvalue weighted by Gasteiger charge is 2.15. The molecule has 1 fully saturated rings. The highest BCUT2D eigenvalue weighted by atomic mass is 35.5. The zero-order valence-electron chi connectivity index (χ0n) is 13.2. The van der Waals surface area contributed by atoms with Gasteiger partial charge in [0.25, 0.3) is 0 Å². The minimum atomic E-state index is -0.585. The molecule has 0 atom stereocenters. The number of morpholine rings is 1. The molecule has 1 aromatic carbocycles. The molecular weight excluding hydrogens is 391 g/mol. The molecule has 1 aliphatic rings. The van der Waals surface area contributed by atoms with Crippen LogP contribution in [0.25, 0.3) is 10.9 Å². The summed E-state index contributed by atoms with van der Waals surface area (Å²) in [5.74, 6) is -0.585. The molecule has 0 saturated carbocycles. The van der Waals surface area contributed by atoms with Crippen LogP contribution >= 0.6 is 35.6 Å². The molecule has 136 valence electrons. The molecule has 9 heteroatoms. The van der Waals surface area contributed by atoms with E-state index in [1.165, 1.54) is 12.1 Å². The van der Waals surface area contributed by atoms with Crippen LogP contribution < -0.4 is 5.43 Å². The summed E-state index contributed by atoms with van der Waals surface area (Å²) in [4.78, 5) is 29.3. The van der Waals surface area contributed by atoms with Gasteiger partial charge in [0.05, 0.1) is 29.1 Å². The predicted octanol–water partition coefficient (Wildman–Crippen LogP) is 2.75. The van der Waals surface area contributed by atoms with E-state index in [2.05, 4.69) is 9.88 Å². The molecule has 1 N–H and O–H groups in total. The molecule has 3 rings (SSSR count). The Morgan fingerprint density at radius 1 is 1.24 bits per heavy atom. The van der Waals surface area contributed by atoms with E-state index < -0.39 is 5.97 Å². The number of rotatable bonds is 4. The SMILES string of the molecule is Cl.O=C(OCCN1CCOCC1)c1cc(=O)c2c(Cl)cc(Cl)cc2[nH]1. The summed E-state index contributed by atoms with van der Waals surface area (Å²) in [5, 5.41) is 0.915. The monoisotopic (exact) mass is 406 g/mol. The largest absolute Gasteiger partial charge is 0.460 e. The van der Waals surface area contributed by atoms with Crippen molar-refractivity contribution in [3.63, 3.8) is 0 Å². The number of hydrogen-bond acceptors (Lipinski definition) is 5. The van der Waals surface area contributed by atoms with Gasteiger partial charge in [-0.2, -0.15) is 0 Å². The molecule has 0 amide bonds. The quantitative estimate of drug-likeness (QED) is 0.789. The number of aromatic nitrogens is 1. The number of aromatic amines is 1. The van der Waals surface area contributed by atoms with E-state index in [1.54, 1.807) is 6.07 Å². The van der Waals surface area contributed by atoms with Crippen LogP contribution in [-0.2, 0) is 9.47 Å². The Morgan fingerprint density at radius 2 is 1.96 bits per heavy atom. The number of halogens is 3. The number of carbonyl (C=O) groups excluding carboxylic acids is 1. The number of nitrogens with zero attached hydrogens (tertiary/aromatic N) is 1. The summed E-state index contributed by atoms with van der Waals surface area (Å²) in [6.45, 7) is 3.89. The average Bonchev–Trinajstić information content (AvgIpc) is 2.54. The Bertz CT molecular complexity index is 819. The molecule has 2 aromatic rings. The standard InChI is InChI=1S/C16H16Cl2N2O4.ClH/c17-10-7-11(18)15-12(8-10)19-13(9-14(15)21)16(22)24-6-3-20-1-4-23-5-2-20;/h7-9H,1-6H2,(H,19,21);1H. The molecule has 2 heterocycles. The third-order valence-electron chi connectivity index (χ3n) is 3.81. The summed E-state index contributed by atoms with van der Waals surface area (Å²) >= 11 is 12.0. The molecule has 0 radical (unpaired) electrons. The van der Waals surface area contributed by atoms with Gasteiger partial charge in [-0.15, -0.1) is 12.4 Å². The second kappa shape index (κ2) is 8.87. The summed E-state index contributed by atoms with van der Waals surface area (Å²) in [7, 11) is 0. The lowest BCUT2D eigenvalue weighted by atomic mass is 10.2. The molecule has 1 aromatic heterocycles. The predicted molar refractivity (Wildman–Crippen MR) is 99.4 cm³/mol. The number of fused-ring (bicyclic) bond motifs is 1. The van der Waals surface area contributed by atoms with Crippen LogP contribution in [0.2, 0.25) is 10.0 Å². The molecule has 25 heavy (non-hydrogen) atoms. The van der Waals surface area contributed by atoms with E-state index in [4.69, 9.17) is 32.7 Å². The first kappa shape index (κ1) is 20.0. The van der Waals surface area contributed by atoms with Gasteiger partial charge in [0.1, 0.15) is 12.3 Å². The number of pyridine rings is 1. The number of hydrogen-bond donors (Lipinski definition) is 1. The maximum Gasteiger partial charge on any atom is 0.354 e. The van der Waals surface area contributed by atoms with Crippen molar-refractivity contribution in [2.75, 3.05) is 39.5 Å². The van der Waals surface area contributed by atoms with Crippen molar-refractivity contribution in [2.45, 2.75) is 0 Å². The summed E-state index contributed by atoms with van der Waals surface area (Å²) in [6, 6.07) is 4.23. The fourth-order valence-electron chi connectivity index (χ4n) is 2.59. The third kappa shape index (κ3) is 4.86. The maximum atomic E-state index is 12.2. The minimum absolute atomic E-state index is 0. The van der Waals surface area contributed by atoms with Gasteiger partial charge in [-0.1, -0.05) is 23.2 Å². The van der Waals surface area contributed by atoms with Crippen molar-refractivity contribution in [3.05, 3.63) is 44.2 Å². The Balaban J connectivity index is 0.00000225. The lowest BCUT2D eigenvalue weighted by molar-refractivity contribution is 0.0193. The van der Waals surface area contributed by atoms with Gasteiger partial charge in [0.2, 0.25) is 0 Å². The van der Waals surface area contributed by atoms with Crippen LogP contribution in [0, 0.1) is 0 Å². The van der Waals surface area contributed by atoms with E-state index in [0.29, 0.717) is 35.7 Å². The van der Waals surface area contributed by atoms with Crippen LogP contribution in [-0.4, -0.2) is 55.3 Å². The molecule has 1 saturated heterocycles. The number of H-pyrrole nitrogens is 1. The second-order valence-corrected chi connectivity index (χ2v) is 6.29. The zero-order valence-corrected chi connectivity index (χ0v) is 15.5. The van der Waals surface area contributed by atoms with Gasteiger partial charge in [0, 0.05) is 30.7 Å². The Kier molecular flexibility index (Phi) is 7.10. The minimum Gasteiger partial charge on any atom is -0.460 e. The Hall–Kier alpha value is -1.31. The number of ether oxygens (including phenoxy) is 2. The molecule has 6 nitrogen and oxygen atoms in total. The van der Waals surface area contributed by atoms with E-state index in [0.717, 1.165) is 13.1 Å². The van der Waals surface area contributed by atoms with Crippen LogP contribution in [0.1, 0.15) is 10.5 Å². The van der Waals surface area contributed by atoms with Gasteiger partial charge in [-0.05, 0) is 12.1 Å². The van der Waals surface area contributed by atoms with Crippen molar-refractivity contribution < 1.29 is 14.3 Å². The Morgan fingerprint density at radius 3 is 2.68 bits per heavy atom. The van der Waals surface area contributed by atoms with Gasteiger partial charge >= 0.3 is 5.97 Å². The van der Waals surface area contributed by atoms with Crippen molar-refractivity contribution in [3.8, 4) is 0 Å². The third-order valence-corrected chi connectivity index (χ3v) is 4.33. The van der Waals surface area contributed by atoms with Crippen LogP contribution in [0.4, 0.5) is 0 Å². The lowest BCUT2D eigenvalue weighted by Crippen LogP contribution is -2.38. The van der Waals surface area contributed by atoms with Crippen molar-refractivity contribution in [1.29, 1.82) is 0 Å². The van der Waals surface area contributed by atoms with E-state index >= 15 is 0 Å². The summed E-state index contributed by atoms with van der Waals surface area (Å²) < 4.78 is 10.5. The van der Waals surface area contributed by atoms with Crippen LogP contribution in [0.5, 0.6) is 0 Å². The number of nitrogens with one attached hydrogen (secondary N) is 1.